The number of hydrogen-bond acceptors (Lipinski definition) is 6. The van der Waals surface area contributed by atoms with E-state index in [0.29, 0.717) is 11.4 Å². The Morgan fingerprint density at radius 1 is 1.03 bits per heavy atom. The molecule has 9 heteroatoms. The summed E-state index contributed by atoms with van der Waals surface area (Å²) in [6.45, 7) is 1.81. The number of pyridine rings is 1. The van der Waals surface area contributed by atoms with Gasteiger partial charge in [-0.2, -0.15) is 0 Å². The minimum absolute atomic E-state index is 0.0880. The summed E-state index contributed by atoms with van der Waals surface area (Å²) in [6, 6.07) is 16.7. The summed E-state index contributed by atoms with van der Waals surface area (Å²) in [5.41, 5.74) is 0.891. The number of aromatic nitrogens is 1. The van der Waals surface area contributed by atoms with Crippen molar-refractivity contribution in [1.82, 2.24) is 4.98 Å². The first-order valence-electron chi connectivity index (χ1n) is 9.02. The topological polar surface area (TPSA) is 97.4 Å². The number of hydrogen-bond donors (Lipinski definition) is 2. The van der Waals surface area contributed by atoms with Crippen molar-refractivity contribution in [2.75, 3.05) is 17.1 Å². The summed E-state index contributed by atoms with van der Waals surface area (Å²) in [7, 11) is -2.14. The smallest absolute Gasteiger partial charge is 0.261 e. The molecule has 0 aliphatic heterocycles. The summed E-state index contributed by atoms with van der Waals surface area (Å²) in [6.07, 6.45) is 2.98. The number of ether oxygens (including phenoxy) is 1. The zero-order chi connectivity index (χ0) is 21.6. The van der Waals surface area contributed by atoms with Gasteiger partial charge >= 0.3 is 0 Å². The van der Waals surface area contributed by atoms with Crippen molar-refractivity contribution in [1.29, 1.82) is 0 Å². The van der Waals surface area contributed by atoms with Crippen LogP contribution >= 0.6 is 11.8 Å². The van der Waals surface area contributed by atoms with Crippen LogP contribution in [0.4, 0.5) is 11.4 Å². The number of methoxy groups -OCH3 is 1. The van der Waals surface area contributed by atoms with Gasteiger partial charge in [0, 0.05) is 16.8 Å². The van der Waals surface area contributed by atoms with Crippen molar-refractivity contribution in [3.05, 3.63) is 73.1 Å². The number of benzene rings is 2. The van der Waals surface area contributed by atoms with E-state index < -0.39 is 10.0 Å². The van der Waals surface area contributed by atoms with Crippen molar-refractivity contribution in [3.8, 4) is 5.75 Å². The van der Waals surface area contributed by atoms with E-state index in [1.54, 1.807) is 44.5 Å². The third kappa shape index (κ3) is 5.74. The Balaban J connectivity index is 1.60. The number of rotatable bonds is 8. The lowest BCUT2D eigenvalue weighted by atomic mass is 10.3. The van der Waals surface area contributed by atoms with Crippen LogP contribution in [0.15, 0.2) is 82.8 Å². The minimum atomic E-state index is -3.74. The van der Waals surface area contributed by atoms with Crippen molar-refractivity contribution in [2.24, 2.45) is 0 Å². The van der Waals surface area contributed by atoms with Crippen molar-refractivity contribution in [3.63, 3.8) is 0 Å². The quantitative estimate of drug-likeness (QED) is 0.511. The third-order valence-corrected chi connectivity index (χ3v) is 6.60. The lowest BCUT2D eigenvalue weighted by Gasteiger charge is -2.13. The van der Waals surface area contributed by atoms with Crippen LogP contribution in [0.5, 0.6) is 5.75 Å². The maximum Gasteiger partial charge on any atom is 0.261 e. The maximum atomic E-state index is 12.5. The molecular weight excluding hydrogens is 422 g/mol. The molecule has 0 saturated heterocycles. The second-order valence-corrected chi connectivity index (χ2v) is 9.39. The van der Waals surface area contributed by atoms with E-state index in [2.05, 4.69) is 15.0 Å². The third-order valence-electron chi connectivity index (χ3n) is 4.09. The van der Waals surface area contributed by atoms with Gasteiger partial charge in [-0.05, 0) is 67.6 Å². The van der Waals surface area contributed by atoms with Crippen LogP contribution in [0, 0.1) is 0 Å². The minimum Gasteiger partial charge on any atom is -0.497 e. The van der Waals surface area contributed by atoms with Gasteiger partial charge < -0.3 is 10.1 Å². The first kappa shape index (κ1) is 21.7. The monoisotopic (exact) mass is 443 g/mol. The highest BCUT2D eigenvalue weighted by Gasteiger charge is 2.17. The number of nitrogens with one attached hydrogen (secondary N) is 2. The van der Waals surface area contributed by atoms with Gasteiger partial charge in [-0.25, -0.2) is 8.42 Å². The summed E-state index contributed by atoms with van der Waals surface area (Å²) in [5.74, 6) is 0.574. The second-order valence-electron chi connectivity index (χ2n) is 6.30. The predicted octanol–water partition coefficient (Wildman–Crippen LogP) is 4.01. The van der Waals surface area contributed by atoms with Gasteiger partial charge in [0.25, 0.3) is 10.0 Å². The van der Waals surface area contributed by atoms with Gasteiger partial charge in [-0.1, -0.05) is 0 Å². The van der Waals surface area contributed by atoms with E-state index in [1.165, 1.54) is 30.1 Å². The Hall–Kier alpha value is -3.04. The fourth-order valence-corrected chi connectivity index (χ4v) is 4.42. The first-order valence-corrected chi connectivity index (χ1v) is 11.4. The molecule has 0 unspecified atom stereocenters. The Morgan fingerprint density at radius 2 is 1.73 bits per heavy atom. The van der Waals surface area contributed by atoms with Crippen LogP contribution < -0.4 is 14.8 Å². The highest BCUT2D eigenvalue weighted by atomic mass is 32.2. The predicted molar refractivity (Wildman–Crippen MR) is 118 cm³/mol. The molecule has 0 radical (unpaired) electrons. The highest BCUT2D eigenvalue weighted by molar-refractivity contribution is 8.00. The lowest BCUT2D eigenvalue weighted by Crippen LogP contribution is -2.22. The average molecular weight is 444 g/mol. The maximum absolute atomic E-state index is 12.5. The summed E-state index contributed by atoms with van der Waals surface area (Å²) in [5, 5.41) is 2.46. The number of anilines is 2. The van der Waals surface area contributed by atoms with Crippen LogP contribution in [0.2, 0.25) is 0 Å². The molecule has 156 valence electrons. The zero-order valence-corrected chi connectivity index (χ0v) is 18.0. The molecule has 30 heavy (non-hydrogen) atoms. The molecule has 7 nitrogen and oxygen atoms in total. The molecule has 2 aromatic carbocycles. The van der Waals surface area contributed by atoms with Crippen LogP contribution in [0.1, 0.15) is 6.92 Å². The van der Waals surface area contributed by atoms with Gasteiger partial charge in [0.2, 0.25) is 5.91 Å². The molecular formula is C21H21N3O4S2. The Kier molecular flexibility index (Phi) is 6.96. The number of sulfonamides is 1. The van der Waals surface area contributed by atoms with E-state index in [4.69, 9.17) is 4.74 Å². The van der Waals surface area contributed by atoms with E-state index in [-0.39, 0.29) is 16.1 Å². The van der Waals surface area contributed by atoms with Gasteiger partial charge in [0.1, 0.15) is 5.75 Å². The number of amides is 1. The van der Waals surface area contributed by atoms with Crippen LogP contribution in [-0.4, -0.2) is 31.7 Å². The highest BCUT2D eigenvalue weighted by Crippen LogP contribution is 2.26. The molecule has 3 aromatic rings. The van der Waals surface area contributed by atoms with Crippen molar-refractivity contribution >= 4 is 39.1 Å². The largest absolute Gasteiger partial charge is 0.497 e. The summed E-state index contributed by atoms with van der Waals surface area (Å²) < 4.78 is 32.5. The number of carbonyl (C=O) groups is 1. The Bertz CT molecular complexity index is 1090. The number of nitrogens with zero attached hydrogens (tertiary/aromatic N) is 1. The fourth-order valence-electron chi connectivity index (χ4n) is 2.51. The van der Waals surface area contributed by atoms with Gasteiger partial charge in [-0.15, -0.1) is 11.8 Å². The molecule has 3 rings (SSSR count). The standard InChI is InChI=1S/C21H21N3O4S2/c1-15(29-19-9-7-18(28-2)8-10-19)21(25)23-16-5-11-20(12-6-16)30(26,27)24-17-4-3-13-22-14-17/h3-15,24H,1-2H3,(H,23,25)/t15-/m1/s1. The van der Waals surface area contributed by atoms with Gasteiger partial charge in [0.15, 0.2) is 0 Å². The Morgan fingerprint density at radius 3 is 2.33 bits per heavy atom. The number of carbonyl (C=O) groups excluding carboxylic acids is 1. The number of thioether (sulfide) groups is 1. The Labute approximate surface area is 179 Å². The lowest BCUT2D eigenvalue weighted by molar-refractivity contribution is -0.115. The summed E-state index contributed by atoms with van der Waals surface area (Å²) in [4.78, 5) is 17.4. The van der Waals surface area contributed by atoms with E-state index in [9.17, 15) is 13.2 Å². The SMILES string of the molecule is COc1ccc(S[C@H](C)C(=O)Nc2ccc(S(=O)(=O)Nc3cccnc3)cc2)cc1. The molecule has 1 amide bonds. The molecule has 0 aliphatic carbocycles. The molecule has 0 bridgehead atoms. The van der Waals surface area contributed by atoms with Gasteiger partial charge in [0.05, 0.1) is 29.1 Å². The fraction of sp³-hybridized carbons (Fsp3) is 0.143. The van der Waals surface area contributed by atoms with Crippen LogP contribution in [0.25, 0.3) is 0 Å². The molecule has 0 aliphatic rings. The molecule has 1 atom stereocenters. The van der Waals surface area contributed by atoms with Crippen molar-refractivity contribution in [2.45, 2.75) is 22.0 Å². The molecule has 1 heterocycles. The summed E-state index contributed by atoms with van der Waals surface area (Å²) >= 11 is 1.42. The van der Waals surface area contributed by atoms with Crippen molar-refractivity contribution < 1.29 is 17.9 Å². The van der Waals surface area contributed by atoms with Crippen LogP contribution in [0.3, 0.4) is 0 Å². The normalized spacial score (nSPS) is 12.1. The molecule has 1 aromatic heterocycles. The molecule has 0 fully saturated rings. The van der Waals surface area contributed by atoms with Crippen LogP contribution in [-0.2, 0) is 14.8 Å². The molecule has 0 spiro atoms. The van der Waals surface area contributed by atoms with E-state index in [0.717, 1.165) is 10.6 Å². The average Bonchev–Trinajstić information content (AvgIpc) is 2.75. The second kappa shape index (κ2) is 9.64. The first-order chi connectivity index (χ1) is 14.4. The molecule has 0 saturated carbocycles. The van der Waals surface area contributed by atoms with E-state index >= 15 is 0 Å². The van der Waals surface area contributed by atoms with E-state index in [1.807, 2.05) is 24.3 Å². The van der Waals surface area contributed by atoms with Gasteiger partial charge in [-0.3, -0.25) is 14.5 Å². The zero-order valence-electron chi connectivity index (χ0n) is 16.4. The molecule has 2 N–H and O–H groups in total.